The zero-order chi connectivity index (χ0) is 32.6. The SMILES string of the molecule is C[C@@H](NC(=O)[C@H](CCCCNC(=O)OC(C)(C)C)NC(=O)OC(C)(C)C)[C@@H](Cc1ccccc1)B1OC(C)(C)C(C)(C)O1. The summed E-state index contributed by atoms with van der Waals surface area (Å²) < 4.78 is 23.5. The molecule has 10 nitrogen and oxygen atoms in total. The maximum Gasteiger partial charge on any atom is 0.463 e. The van der Waals surface area contributed by atoms with Crippen molar-refractivity contribution in [3.8, 4) is 0 Å². The van der Waals surface area contributed by atoms with Crippen molar-refractivity contribution in [2.45, 2.75) is 142 Å². The van der Waals surface area contributed by atoms with E-state index in [0.717, 1.165) is 5.56 Å². The van der Waals surface area contributed by atoms with Gasteiger partial charge in [0.15, 0.2) is 0 Å². The number of hydrogen-bond acceptors (Lipinski definition) is 7. The van der Waals surface area contributed by atoms with Crippen molar-refractivity contribution in [3.63, 3.8) is 0 Å². The van der Waals surface area contributed by atoms with Crippen LogP contribution in [0.4, 0.5) is 9.59 Å². The topological polar surface area (TPSA) is 124 Å². The van der Waals surface area contributed by atoms with E-state index in [9.17, 15) is 14.4 Å². The second kappa shape index (κ2) is 14.8. The van der Waals surface area contributed by atoms with Gasteiger partial charge < -0.3 is 34.7 Å². The molecule has 1 aromatic rings. The summed E-state index contributed by atoms with van der Waals surface area (Å²) in [6, 6.07) is 8.84. The van der Waals surface area contributed by atoms with Crippen molar-refractivity contribution in [2.75, 3.05) is 6.54 Å². The minimum atomic E-state index is -0.838. The molecule has 1 aromatic carbocycles. The average Bonchev–Trinajstić information content (AvgIpc) is 3.06. The standard InChI is InChI=1S/C32H54BN3O7/c1-22(24(21-23-17-13-12-14-18-23)33-42-31(8,9)32(10,11)43-33)35-26(37)25(36-28(39)41-30(5,6)7)19-15-16-20-34-27(38)40-29(2,3)4/h12-14,17-18,22,24-25H,15-16,19-21H2,1-11H3,(H,34,38)(H,35,37)(H,36,39)/t22-,24-,25+/m1/s1. The number of hydrogen-bond donors (Lipinski definition) is 3. The summed E-state index contributed by atoms with van der Waals surface area (Å²) in [5.41, 5.74) is -1.24. The van der Waals surface area contributed by atoms with Crippen LogP contribution >= 0.6 is 0 Å². The van der Waals surface area contributed by atoms with Crippen LogP contribution in [-0.2, 0) is 30.0 Å². The van der Waals surface area contributed by atoms with Gasteiger partial charge in [-0.3, -0.25) is 4.79 Å². The van der Waals surface area contributed by atoms with E-state index in [1.165, 1.54) is 0 Å². The number of rotatable bonds is 12. The van der Waals surface area contributed by atoms with Gasteiger partial charge >= 0.3 is 19.3 Å². The fraction of sp³-hybridized carbons (Fsp3) is 0.719. The molecule has 43 heavy (non-hydrogen) atoms. The lowest BCUT2D eigenvalue weighted by atomic mass is 9.65. The minimum Gasteiger partial charge on any atom is -0.444 e. The number of carbonyl (C=O) groups excluding carboxylic acids is 3. The molecule has 0 aromatic heterocycles. The Morgan fingerprint density at radius 2 is 1.37 bits per heavy atom. The smallest absolute Gasteiger partial charge is 0.444 e. The molecule has 11 heteroatoms. The van der Waals surface area contributed by atoms with E-state index in [1.54, 1.807) is 41.5 Å². The van der Waals surface area contributed by atoms with Crippen LogP contribution in [0.2, 0.25) is 5.82 Å². The van der Waals surface area contributed by atoms with E-state index in [4.69, 9.17) is 18.8 Å². The highest BCUT2D eigenvalue weighted by molar-refractivity contribution is 6.47. The largest absolute Gasteiger partial charge is 0.463 e. The Labute approximate surface area is 258 Å². The third-order valence-corrected chi connectivity index (χ3v) is 7.54. The number of nitrogens with one attached hydrogen (secondary N) is 3. The molecular formula is C32H54BN3O7. The maximum atomic E-state index is 13.7. The molecule has 0 aliphatic carbocycles. The van der Waals surface area contributed by atoms with Gasteiger partial charge in [-0.15, -0.1) is 0 Å². The molecule has 0 bridgehead atoms. The Kier molecular flexibility index (Phi) is 12.5. The van der Waals surface area contributed by atoms with Gasteiger partial charge in [0.25, 0.3) is 0 Å². The van der Waals surface area contributed by atoms with Gasteiger partial charge in [-0.25, -0.2) is 9.59 Å². The normalized spacial score (nSPS) is 18.3. The van der Waals surface area contributed by atoms with E-state index < -0.39 is 47.8 Å². The monoisotopic (exact) mass is 603 g/mol. The third-order valence-electron chi connectivity index (χ3n) is 7.54. The summed E-state index contributed by atoms with van der Waals surface area (Å²) >= 11 is 0. The third kappa shape index (κ3) is 12.4. The van der Waals surface area contributed by atoms with Crippen LogP contribution in [-0.4, -0.2) is 66.2 Å². The highest BCUT2D eigenvalue weighted by atomic mass is 16.7. The molecule has 0 unspecified atom stereocenters. The van der Waals surface area contributed by atoms with Crippen molar-refractivity contribution in [1.29, 1.82) is 0 Å². The van der Waals surface area contributed by atoms with E-state index >= 15 is 0 Å². The number of ether oxygens (including phenoxy) is 2. The summed E-state index contributed by atoms with van der Waals surface area (Å²) in [4.78, 5) is 38.3. The predicted octanol–water partition coefficient (Wildman–Crippen LogP) is 5.78. The molecule has 1 aliphatic heterocycles. The first-order valence-corrected chi connectivity index (χ1v) is 15.4. The maximum absolute atomic E-state index is 13.7. The van der Waals surface area contributed by atoms with Crippen LogP contribution in [0.25, 0.3) is 0 Å². The summed E-state index contributed by atoms with van der Waals surface area (Å²) in [5.74, 6) is -0.527. The summed E-state index contributed by atoms with van der Waals surface area (Å²) in [6.45, 7) is 21.1. The second-order valence-corrected chi connectivity index (χ2v) is 14.4. The number of unbranched alkanes of at least 4 members (excludes halogenated alkanes) is 1. The van der Waals surface area contributed by atoms with E-state index in [-0.39, 0.29) is 17.8 Å². The quantitative estimate of drug-likeness (QED) is 0.204. The fourth-order valence-corrected chi connectivity index (χ4v) is 4.59. The zero-order valence-electron chi connectivity index (χ0n) is 28.1. The molecule has 3 atom stereocenters. The van der Waals surface area contributed by atoms with Crippen LogP contribution in [0.5, 0.6) is 0 Å². The molecule has 1 saturated heterocycles. The minimum absolute atomic E-state index is 0.201. The van der Waals surface area contributed by atoms with Crippen LogP contribution in [0.3, 0.4) is 0 Å². The van der Waals surface area contributed by atoms with Crippen LogP contribution in [0, 0.1) is 0 Å². The van der Waals surface area contributed by atoms with E-state index in [0.29, 0.717) is 32.2 Å². The summed E-state index contributed by atoms with van der Waals surface area (Å²) in [6.07, 6.45) is 0.989. The Balaban J connectivity index is 2.13. The van der Waals surface area contributed by atoms with Crippen molar-refractivity contribution in [1.82, 2.24) is 16.0 Å². The molecule has 3 N–H and O–H groups in total. The number of benzene rings is 1. The van der Waals surface area contributed by atoms with E-state index in [2.05, 4.69) is 16.0 Å². The lowest BCUT2D eigenvalue weighted by Gasteiger charge is -2.32. The van der Waals surface area contributed by atoms with E-state index in [1.807, 2.05) is 65.0 Å². The molecular weight excluding hydrogens is 549 g/mol. The number of carbonyl (C=O) groups is 3. The Morgan fingerprint density at radius 1 is 0.837 bits per heavy atom. The Bertz CT molecular complexity index is 1050. The molecule has 242 valence electrons. The Hall–Kier alpha value is -2.79. The molecule has 0 saturated carbocycles. The number of amides is 3. The average molecular weight is 604 g/mol. The van der Waals surface area contributed by atoms with Crippen LogP contribution in [0.1, 0.15) is 101 Å². The predicted molar refractivity (Wildman–Crippen MR) is 169 cm³/mol. The summed E-state index contributed by atoms with van der Waals surface area (Å²) in [7, 11) is -0.545. The first-order valence-electron chi connectivity index (χ1n) is 15.4. The second-order valence-electron chi connectivity index (χ2n) is 14.4. The molecule has 0 spiro atoms. The van der Waals surface area contributed by atoms with Crippen molar-refractivity contribution >= 4 is 25.2 Å². The fourth-order valence-electron chi connectivity index (χ4n) is 4.59. The van der Waals surface area contributed by atoms with Gasteiger partial charge in [0, 0.05) is 18.4 Å². The van der Waals surface area contributed by atoms with Crippen molar-refractivity contribution in [2.24, 2.45) is 0 Å². The molecule has 1 heterocycles. The van der Waals surface area contributed by atoms with Gasteiger partial charge in [-0.05, 0) is 107 Å². The molecule has 0 radical (unpaired) electrons. The van der Waals surface area contributed by atoms with Gasteiger partial charge in [0.05, 0.1) is 11.2 Å². The van der Waals surface area contributed by atoms with Gasteiger partial charge in [-0.1, -0.05) is 30.3 Å². The molecule has 2 rings (SSSR count). The zero-order valence-corrected chi connectivity index (χ0v) is 28.1. The first-order chi connectivity index (χ1) is 19.7. The lowest BCUT2D eigenvalue weighted by molar-refractivity contribution is -0.124. The highest BCUT2D eigenvalue weighted by Gasteiger charge is 2.54. The number of alkyl carbamates (subject to hydrolysis) is 2. The molecule has 1 aliphatic rings. The molecule has 3 amide bonds. The first kappa shape index (κ1) is 36.4. The summed E-state index contributed by atoms with van der Waals surface area (Å²) in [5, 5.41) is 8.60. The lowest BCUT2D eigenvalue weighted by Crippen LogP contribution is -2.52. The molecule has 1 fully saturated rings. The van der Waals surface area contributed by atoms with Crippen LogP contribution in [0.15, 0.2) is 30.3 Å². The van der Waals surface area contributed by atoms with Gasteiger partial charge in [0.1, 0.15) is 17.2 Å². The van der Waals surface area contributed by atoms with Gasteiger partial charge in [0.2, 0.25) is 5.91 Å². The van der Waals surface area contributed by atoms with Crippen LogP contribution < -0.4 is 16.0 Å². The van der Waals surface area contributed by atoms with Gasteiger partial charge in [-0.2, -0.15) is 0 Å². The van der Waals surface area contributed by atoms with Crippen molar-refractivity contribution < 1.29 is 33.2 Å². The highest BCUT2D eigenvalue weighted by Crippen LogP contribution is 2.41. The Morgan fingerprint density at radius 3 is 1.91 bits per heavy atom. The van der Waals surface area contributed by atoms with Crippen molar-refractivity contribution in [3.05, 3.63) is 35.9 Å².